The number of rotatable bonds is 3. The van der Waals surface area contributed by atoms with E-state index in [0.717, 1.165) is 16.5 Å². The molecule has 5 nitrogen and oxygen atoms in total. The Bertz CT molecular complexity index is 1040. The van der Waals surface area contributed by atoms with Crippen LogP contribution in [0.5, 0.6) is 0 Å². The molecule has 7 heteroatoms. The number of nitrogens with one attached hydrogen (secondary N) is 1. The Morgan fingerprint density at radius 3 is 2.54 bits per heavy atom. The van der Waals surface area contributed by atoms with Crippen molar-refractivity contribution in [2.45, 2.75) is 6.42 Å². The number of nitrogens with zero attached hydrogens (tertiary/aromatic N) is 2. The van der Waals surface area contributed by atoms with Gasteiger partial charge in [-0.3, -0.25) is 9.59 Å². The first kappa shape index (κ1) is 18.5. The van der Waals surface area contributed by atoms with Gasteiger partial charge in [-0.25, -0.2) is 4.39 Å². The minimum absolute atomic E-state index is 0.0192. The van der Waals surface area contributed by atoms with Gasteiger partial charge in [0, 0.05) is 48.3 Å². The zero-order valence-corrected chi connectivity index (χ0v) is 15.9. The van der Waals surface area contributed by atoms with Gasteiger partial charge >= 0.3 is 0 Å². The molecule has 1 aromatic heterocycles. The van der Waals surface area contributed by atoms with Crippen molar-refractivity contribution in [3.63, 3.8) is 0 Å². The third-order valence-corrected chi connectivity index (χ3v) is 5.33. The molecular formula is C21H19ClFN3O2. The van der Waals surface area contributed by atoms with Crippen LogP contribution in [0.2, 0.25) is 5.02 Å². The maximum Gasteiger partial charge on any atom is 0.257 e. The molecule has 144 valence electrons. The standard InChI is InChI=1S/C21H19ClFN3O2/c22-15-5-6-18(23)17(12-15)21(28)26-9-7-25(8-10-26)20(27)11-14-13-24-19-4-2-1-3-16(14)19/h1-6,12-13,24H,7-11H2. The van der Waals surface area contributed by atoms with Crippen LogP contribution in [-0.4, -0.2) is 52.8 Å². The molecule has 0 saturated carbocycles. The summed E-state index contributed by atoms with van der Waals surface area (Å²) < 4.78 is 13.9. The lowest BCUT2D eigenvalue weighted by molar-refractivity contribution is -0.131. The Morgan fingerprint density at radius 1 is 1.04 bits per heavy atom. The average molecular weight is 400 g/mol. The minimum atomic E-state index is -0.591. The van der Waals surface area contributed by atoms with Crippen molar-refractivity contribution in [1.29, 1.82) is 0 Å². The number of halogens is 2. The van der Waals surface area contributed by atoms with E-state index in [1.54, 1.807) is 9.80 Å². The number of hydrogen-bond acceptors (Lipinski definition) is 2. The van der Waals surface area contributed by atoms with Crippen LogP contribution in [0.15, 0.2) is 48.7 Å². The van der Waals surface area contributed by atoms with E-state index in [2.05, 4.69) is 4.98 Å². The molecule has 1 N–H and O–H groups in total. The van der Waals surface area contributed by atoms with Crippen LogP contribution < -0.4 is 0 Å². The highest BCUT2D eigenvalue weighted by molar-refractivity contribution is 6.31. The Labute approximate surface area is 166 Å². The normalized spacial score (nSPS) is 14.5. The Morgan fingerprint density at radius 2 is 1.75 bits per heavy atom. The van der Waals surface area contributed by atoms with Crippen molar-refractivity contribution in [2.24, 2.45) is 0 Å². The fraction of sp³-hybridized carbons (Fsp3) is 0.238. The lowest BCUT2D eigenvalue weighted by atomic mass is 10.1. The number of carbonyl (C=O) groups excluding carboxylic acids is 2. The van der Waals surface area contributed by atoms with E-state index in [-0.39, 0.29) is 11.5 Å². The van der Waals surface area contributed by atoms with Gasteiger partial charge in [0.2, 0.25) is 5.91 Å². The van der Waals surface area contributed by atoms with Gasteiger partial charge in [0.25, 0.3) is 5.91 Å². The fourth-order valence-corrected chi connectivity index (χ4v) is 3.72. The molecule has 4 rings (SSSR count). The lowest BCUT2D eigenvalue weighted by Gasteiger charge is -2.35. The largest absolute Gasteiger partial charge is 0.361 e. The van der Waals surface area contributed by atoms with E-state index >= 15 is 0 Å². The van der Waals surface area contributed by atoms with Crippen LogP contribution in [0.4, 0.5) is 4.39 Å². The monoisotopic (exact) mass is 399 g/mol. The van der Waals surface area contributed by atoms with E-state index in [9.17, 15) is 14.0 Å². The van der Waals surface area contributed by atoms with Gasteiger partial charge in [0.1, 0.15) is 5.82 Å². The predicted octanol–water partition coefficient (Wildman–Crippen LogP) is 3.49. The summed E-state index contributed by atoms with van der Waals surface area (Å²) in [6.45, 7) is 1.58. The average Bonchev–Trinajstić information content (AvgIpc) is 3.12. The third-order valence-electron chi connectivity index (χ3n) is 5.09. The highest BCUT2D eigenvalue weighted by atomic mass is 35.5. The van der Waals surface area contributed by atoms with Crippen LogP contribution in [0.1, 0.15) is 15.9 Å². The van der Waals surface area contributed by atoms with Gasteiger partial charge in [-0.05, 0) is 29.8 Å². The number of H-pyrrole nitrogens is 1. The van der Waals surface area contributed by atoms with Gasteiger partial charge in [-0.15, -0.1) is 0 Å². The molecule has 0 atom stereocenters. The van der Waals surface area contributed by atoms with Crippen LogP contribution in [0.25, 0.3) is 10.9 Å². The molecule has 1 fully saturated rings. The molecule has 0 aliphatic carbocycles. The Balaban J connectivity index is 1.39. The maximum atomic E-state index is 13.9. The summed E-state index contributed by atoms with van der Waals surface area (Å²) in [5, 5.41) is 1.36. The van der Waals surface area contributed by atoms with Gasteiger partial charge < -0.3 is 14.8 Å². The first-order valence-corrected chi connectivity index (χ1v) is 9.48. The van der Waals surface area contributed by atoms with Crippen LogP contribution >= 0.6 is 11.6 Å². The SMILES string of the molecule is O=C(Cc1c[nH]c2ccccc12)N1CCN(C(=O)c2cc(Cl)ccc2F)CC1. The second-order valence-corrected chi connectivity index (χ2v) is 7.27. The number of para-hydroxylation sites is 1. The van der Waals surface area contributed by atoms with E-state index in [4.69, 9.17) is 11.6 Å². The Hall–Kier alpha value is -2.86. The summed E-state index contributed by atoms with van der Waals surface area (Å²) in [5.41, 5.74) is 1.93. The molecule has 0 spiro atoms. The van der Waals surface area contributed by atoms with E-state index in [0.29, 0.717) is 37.6 Å². The van der Waals surface area contributed by atoms with E-state index in [1.165, 1.54) is 18.2 Å². The summed E-state index contributed by atoms with van der Waals surface area (Å²) in [5.74, 6) is -0.971. The number of amides is 2. The van der Waals surface area contributed by atoms with Crippen LogP contribution in [0, 0.1) is 5.82 Å². The van der Waals surface area contributed by atoms with E-state index in [1.807, 2.05) is 30.5 Å². The smallest absolute Gasteiger partial charge is 0.257 e. The second kappa shape index (κ2) is 7.64. The number of aromatic nitrogens is 1. The van der Waals surface area contributed by atoms with Gasteiger partial charge in [0.15, 0.2) is 0 Å². The van der Waals surface area contributed by atoms with Crippen molar-refractivity contribution in [1.82, 2.24) is 14.8 Å². The van der Waals surface area contributed by atoms with Crippen LogP contribution in [0.3, 0.4) is 0 Å². The molecule has 1 saturated heterocycles. The zero-order chi connectivity index (χ0) is 19.7. The molecule has 2 heterocycles. The molecule has 0 unspecified atom stereocenters. The molecule has 2 aromatic carbocycles. The van der Waals surface area contributed by atoms with Crippen molar-refractivity contribution < 1.29 is 14.0 Å². The summed E-state index contributed by atoms with van der Waals surface area (Å²) in [6.07, 6.45) is 2.17. The van der Waals surface area contributed by atoms with Crippen molar-refractivity contribution in [3.8, 4) is 0 Å². The summed E-state index contributed by atoms with van der Waals surface area (Å²) in [7, 11) is 0. The number of hydrogen-bond donors (Lipinski definition) is 1. The molecule has 2 amide bonds. The molecule has 0 bridgehead atoms. The number of carbonyl (C=O) groups is 2. The number of benzene rings is 2. The minimum Gasteiger partial charge on any atom is -0.361 e. The van der Waals surface area contributed by atoms with Crippen molar-refractivity contribution in [3.05, 3.63) is 70.6 Å². The number of piperazine rings is 1. The van der Waals surface area contributed by atoms with Crippen molar-refractivity contribution >= 4 is 34.3 Å². The summed E-state index contributed by atoms with van der Waals surface area (Å²) in [6, 6.07) is 11.8. The first-order chi connectivity index (χ1) is 13.5. The van der Waals surface area contributed by atoms with Gasteiger partial charge in [-0.2, -0.15) is 0 Å². The van der Waals surface area contributed by atoms with E-state index < -0.39 is 11.7 Å². The highest BCUT2D eigenvalue weighted by Gasteiger charge is 2.26. The molecule has 1 aliphatic heterocycles. The summed E-state index contributed by atoms with van der Waals surface area (Å²) in [4.78, 5) is 31.7. The highest BCUT2D eigenvalue weighted by Crippen LogP contribution is 2.20. The Kier molecular flexibility index (Phi) is 5.05. The summed E-state index contributed by atoms with van der Waals surface area (Å²) >= 11 is 5.88. The topological polar surface area (TPSA) is 56.4 Å². The van der Waals surface area contributed by atoms with Gasteiger partial charge in [0.05, 0.1) is 12.0 Å². The number of fused-ring (bicyclic) bond motifs is 1. The van der Waals surface area contributed by atoms with Crippen molar-refractivity contribution in [2.75, 3.05) is 26.2 Å². The molecule has 28 heavy (non-hydrogen) atoms. The third kappa shape index (κ3) is 3.60. The predicted molar refractivity (Wildman–Crippen MR) is 106 cm³/mol. The molecular weight excluding hydrogens is 381 g/mol. The lowest BCUT2D eigenvalue weighted by Crippen LogP contribution is -2.51. The molecule has 3 aromatic rings. The van der Waals surface area contributed by atoms with Crippen LogP contribution in [-0.2, 0) is 11.2 Å². The number of aromatic amines is 1. The fourth-order valence-electron chi connectivity index (χ4n) is 3.54. The maximum absolute atomic E-state index is 13.9. The zero-order valence-electron chi connectivity index (χ0n) is 15.1. The molecule has 1 aliphatic rings. The second-order valence-electron chi connectivity index (χ2n) is 6.83. The first-order valence-electron chi connectivity index (χ1n) is 9.10. The van der Waals surface area contributed by atoms with Gasteiger partial charge in [-0.1, -0.05) is 29.8 Å². The molecule has 0 radical (unpaired) electrons. The quantitative estimate of drug-likeness (QED) is 0.733.